The van der Waals surface area contributed by atoms with Gasteiger partial charge in [-0.3, -0.25) is 4.40 Å². The van der Waals surface area contributed by atoms with Crippen LogP contribution in [0.3, 0.4) is 0 Å². The Bertz CT molecular complexity index is 582. The number of nitrogen functional groups attached to an aromatic ring is 1. The van der Waals surface area contributed by atoms with Crippen LogP contribution in [0.1, 0.15) is 52.9 Å². The standard InChI is InChI=1S/C14H22N4/c1-13(2,3)9-8-18-10(14(4,5)6)7-16-12(18)11(15)17-9/h7-8H,1-6H3,(H2,15,17). The van der Waals surface area contributed by atoms with E-state index in [0.717, 1.165) is 17.0 Å². The van der Waals surface area contributed by atoms with Gasteiger partial charge in [0, 0.05) is 28.9 Å². The molecular formula is C14H22N4. The zero-order valence-corrected chi connectivity index (χ0v) is 12.1. The minimum absolute atomic E-state index is 0.0261. The molecular weight excluding hydrogens is 224 g/mol. The molecule has 0 amide bonds. The van der Waals surface area contributed by atoms with Crippen molar-refractivity contribution in [3.63, 3.8) is 0 Å². The van der Waals surface area contributed by atoms with Gasteiger partial charge in [-0.15, -0.1) is 0 Å². The maximum Gasteiger partial charge on any atom is 0.180 e. The van der Waals surface area contributed by atoms with Gasteiger partial charge in [-0.25, -0.2) is 9.97 Å². The molecule has 4 nitrogen and oxygen atoms in total. The first-order valence-corrected chi connectivity index (χ1v) is 6.25. The Kier molecular flexibility index (Phi) is 2.65. The number of hydrogen-bond acceptors (Lipinski definition) is 3. The van der Waals surface area contributed by atoms with Crippen LogP contribution in [0.4, 0.5) is 5.82 Å². The van der Waals surface area contributed by atoms with Crippen molar-refractivity contribution in [2.75, 3.05) is 5.73 Å². The Morgan fingerprint density at radius 2 is 1.67 bits per heavy atom. The number of imidazole rings is 1. The average Bonchev–Trinajstić information content (AvgIpc) is 2.59. The normalized spacial score (nSPS) is 13.2. The Morgan fingerprint density at radius 1 is 1.06 bits per heavy atom. The summed E-state index contributed by atoms with van der Waals surface area (Å²) in [6, 6.07) is 0. The third kappa shape index (κ3) is 2.07. The predicted molar refractivity (Wildman–Crippen MR) is 74.8 cm³/mol. The molecule has 0 unspecified atom stereocenters. The zero-order chi connectivity index (χ0) is 13.7. The van der Waals surface area contributed by atoms with Crippen LogP contribution in [-0.4, -0.2) is 14.4 Å². The molecule has 0 aliphatic rings. The van der Waals surface area contributed by atoms with E-state index in [1.165, 1.54) is 0 Å². The molecule has 0 saturated heterocycles. The Morgan fingerprint density at radius 3 is 2.17 bits per heavy atom. The molecule has 18 heavy (non-hydrogen) atoms. The molecule has 0 radical (unpaired) electrons. The van der Waals surface area contributed by atoms with Crippen molar-refractivity contribution in [2.24, 2.45) is 0 Å². The SMILES string of the molecule is CC(C)(C)c1cn2c(C(C)(C)C)cnc2c(N)n1. The van der Waals surface area contributed by atoms with Crippen LogP contribution in [0.5, 0.6) is 0 Å². The van der Waals surface area contributed by atoms with Crippen molar-refractivity contribution < 1.29 is 0 Å². The van der Waals surface area contributed by atoms with Crippen LogP contribution in [0.25, 0.3) is 5.65 Å². The molecule has 0 bridgehead atoms. The number of rotatable bonds is 0. The number of hydrogen-bond donors (Lipinski definition) is 1. The molecule has 2 rings (SSSR count). The summed E-state index contributed by atoms with van der Waals surface area (Å²) in [5.74, 6) is 0.498. The maximum absolute atomic E-state index is 6.02. The fourth-order valence-electron chi connectivity index (χ4n) is 1.93. The topological polar surface area (TPSA) is 56.2 Å². The van der Waals surface area contributed by atoms with Crippen LogP contribution in [0.15, 0.2) is 12.4 Å². The monoisotopic (exact) mass is 246 g/mol. The third-order valence-electron chi connectivity index (χ3n) is 3.06. The van der Waals surface area contributed by atoms with E-state index >= 15 is 0 Å². The van der Waals surface area contributed by atoms with Crippen LogP contribution >= 0.6 is 0 Å². The number of anilines is 1. The first kappa shape index (κ1) is 12.9. The van der Waals surface area contributed by atoms with E-state index in [1.807, 2.05) is 6.20 Å². The van der Waals surface area contributed by atoms with E-state index in [-0.39, 0.29) is 10.8 Å². The smallest absolute Gasteiger partial charge is 0.180 e. The van der Waals surface area contributed by atoms with Crippen molar-refractivity contribution >= 4 is 11.5 Å². The molecule has 2 heterocycles. The minimum atomic E-state index is -0.0261. The second-order valence-electron chi connectivity index (χ2n) is 6.85. The first-order chi connectivity index (χ1) is 8.10. The molecule has 0 atom stereocenters. The molecule has 2 N–H and O–H groups in total. The highest BCUT2D eigenvalue weighted by Crippen LogP contribution is 2.27. The highest BCUT2D eigenvalue weighted by atomic mass is 15.1. The van der Waals surface area contributed by atoms with Crippen molar-refractivity contribution in [3.8, 4) is 0 Å². The van der Waals surface area contributed by atoms with E-state index in [4.69, 9.17) is 5.73 Å². The van der Waals surface area contributed by atoms with E-state index < -0.39 is 0 Å². The van der Waals surface area contributed by atoms with Crippen molar-refractivity contribution in [3.05, 3.63) is 23.8 Å². The second-order valence-corrected chi connectivity index (χ2v) is 6.85. The number of nitrogens with zero attached hydrogens (tertiary/aromatic N) is 3. The van der Waals surface area contributed by atoms with Crippen LogP contribution in [0.2, 0.25) is 0 Å². The van der Waals surface area contributed by atoms with Gasteiger partial charge in [0.2, 0.25) is 0 Å². The quantitative estimate of drug-likeness (QED) is 0.777. The molecule has 0 spiro atoms. The van der Waals surface area contributed by atoms with Gasteiger partial charge >= 0.3 is 0 Å². The lowest BCUT2D eigenvalue weighted by Gasteiger charge is -2.21. The Balaban J connectivity index is 2.77. The molecule has 2 aromatic rings. The van der Waals surface area contributed by atoms with E-state index in [2.05, 4.69) is 62.1 Å². The molecule has 98 valence electrons. The lowest BCUT2D eigenvalue weighted by atomic mass is 9.91. The minimum Gasteiger partial charge on any atom is -0.381 e. The van der Waals surface area contributed by atoms with Gasteiger partial charge in [-0.2, -0.15) is 0 Å². The lowest BCUT2D eigenvalue weighted by Crippen LogP contribution is -2.19. The fourth-order valence-corrected chi connectivity index (χ4v) is 1.93. The summed E-state index contributed by atoms with van der Waals surface area (Å²) in [6.07, 6.45) is 3.94. The summed E-state index contributed by atoms with van der Waals surface area (Å²) >= 11 is 0. The van der Waals surface area contributed by atoms with Crippen LogP contribution in [-0.2, 0) is 10.8 Å². The molecule has 0 aliphatic carbocycles. The second kappa shape index (κ2) is 3.70. The van der Waals surface area contributed by atoms with Crippen molar-refractivity contribution in [2.45, 2.75) is 52.4 Å². The average molecular weight is 246 g/mol. The number of fused-ring (bicyclic) bond motifs is 1. The lowest BCUT2D eigenvalue weighted by molar-refractivity contribution is 0.547. The van der Waals surface area contributed by atoms with Gasteiger partial charge in [0.1, 0.15) is 0 Å². The molecule has 0 aromatic carbocycles. The van der Waals surface area contributed by atoms with Gasteiger partial charge < -0.3 is 5.73 Å². The van der Waals surface area contributed by atoms with Crippen molar-refractivity contribution in [1.82, 2.24) is 14.4 Å². The molecule has 0 aliphatic heterocycles. The van der Waals surface area contributed by atoms with Gasteiger partial charge in [-0.05, 0) is 0 Å². The zero-order valence-electron chi connectivity index (χ0n) is 12.1. The predicted octanol–water partition coefficient (Wildman–Crippen LogP) is 2.91. The van der Waals surface area contributed by atoms with E-state index in [1.54, 1.807) is 0 Å². The van der Waals surface area contributed by atoms with E-state index in [0.29, 0.717) is 5.82 Å². The Hall–Kier alpha value is -1.58. The Labute approximate surface area is 108 Å². The molecule has 2 aromatic heterocycles. The van der Waals surface area contributed by atoms with Crippen LogP contribution in [0, 0.1) is 0 Å². The van der Waals surface area contributed by atoms with Gasteiger partial charge in [-0.1, -0.05) is 41.5 Å². The third-order valence-corrected chi connectivity index (χ3v) is 3.06. The van der Waals surface area contributed by atoms with Gasteiger partial charge in [0.15, 0.2) is 11.5 Å². The number of aromatic nitrogens is 3. The van der Waals surface area contributed by atoms with Crippen molar-refractivity contribution in [1.29, 1.82) is 0 Å². The molecule has 0 fully saturated rings. The maximum atomic E-state index is 6.02. The molecule has 0 saturated carbocycles. The summed E-state index contributed by atoms with van der Waals surface area (Å²) in [5.41, 5.74) is 8.90. The molecule has 4 heteroatoms. The summed E-state index contributed by atoms with van der Waals surface area (Å²) < 4.78 is 2.07. The number of nitrogens with two attached hydrogens (primary N) is 1. The van der Waals surface area contributed by atoms with Gasteiger partial charge in [0.25, 0.3) is 0 Å². The van der Waals surface area contributed by atoms with Crippen LogP contribution < -0.4 is 5.73 Å². The van der Waals surface area contributed by atoms with E-state index in [9.17, 15) is 0 Å². The fraction of sp³-hybridized carbons (Fsp3) is 0.571. The summed E-state index contributed by atoms with van der Waals surface area (Å²) in [7, 11) is 0. The van der Waals surface area contributed by atoms with Gasteiger partial charge in [0.05, 0.1) is 5.69 Å². The summed E-state index contributed by atoms with van der Waals surface area (Å²) in [6.45, 7) is 12.9. The summed E-state index contributed by atoms with van der Waals surface area (Å²) in [5, 5.41) is 0. The first-order valence-electron chi connectivity index (χ1n) is 6.25. The highest BCUT2D eigenvalue weighted by molar-refractivity contribution is 5.61. The largest absolute Gasteiger partial charge is 0.381 e. The highest BCUT2D eigenvalue weighted by Gasteiger charge is 2.23. The summed E-state index contributed by atoms with van der Waals surface area (Å²) in [4.78, 5) is 8.85.